The molecule has 1 heterocycles. The maximum atomic E-state index is 9.74. The molecule has 1 aliphatic carbocycles. The van der Waals surface area contributed by atoms with Gasteiger partial charge in [-0.1, -0.05) is 40.0 Å². The molecule has 6 heteroatoms. The molecule has 0 saturated heterocycles. The molecule has 0 radical (unpaired) electrons. The Morgan fingerprint density at radius 1 is 1.46 bits per heavy atom. The molecule has 0 spiro atoms. The van der Waals surface area contributed by atoms with Gasteiger partial charge in [0, 0.05) is 5.92 Å². The Morgan fingerprint density at radius 2 is 2.08 bits per heavy atom. The van der Waals surface area contributed by atoms with Crippen LogP contribution in [0.4, 0.5) is 0 Å². The average Bonchev–Trinajstić information content (AvgIpc) is 2.74. The molecule has 1 atom stereocenters. The van der Waals surface area contributed by atoms with Crippen LogP contribution in [0.2, 0.25) is 0 Å². The van der Waals surface area contributed by atoms with Crippen molar-refractivity contribution in [1.29, 1.82) is 0 Å². The van der Waals surface area contributed by atoms with Gasteiger partial charge in [-0.15, -0.1) is 0 Å². The maximum Gasteiger partial charge on any atom is 0.287 e. The first-order chi connectivity index (χ1) is 5.92. The number of halogens is 3. The van der Waals surface area contributed by atoms with Crippen LogP contribution in [-0.2, 0) is 4.84 Å². The van der Waals surface area contributed by atoms with Crippen LogP contribution in [-0.4, -0.2) is 20.4 Å². The lowest BCUT2D eigenvalue weighted by molar-refractivity contribution is -0.181. The van der Waals surface area contributed by atoms with Gasteiger partial charge in [0.25, 0.3) is 9.58 Å². The minimum atomic E-state index is -1.85. The van der Waals surface area contributed by atoms with Crippen molar-refractivity contribution in [3.63, 3.8) is 0 Å². The zero-order valence-electron chi connectivity index (χ0n) is 6.64. The zero-order valence-corrected chi connectivity index (χ0v) is 8.90. The smallest absolute Gasteiger partial charge is 0.287 e. The summed E-state index contributed by atoms with van der Waals surface area (Å²) in [6, 6.07) is 0. The molecule has 13 heavy (non-hydrogen) atoms. The van der Waals surface area contributed by atoms with Crippen molar-refractivity contribution in [2.24, 2.45) is 11.1 Å². The highest BCUT2D eigenvalue weighted by Gasteiger charge is 2.55. The summed E-state index contributed by atoms with van der Waals surface area (Å²) in [5.74, 6) is -1.36. The largest absolute Gasteiger partial charge is 0.355 e. The Morgan fingerprint density at radius 3 is 2.46 bits per heavy atom. The van der Waals surface area contributed by atoms with Crippen molar-refractivity contribution in [3.8, 4) is 0 Å². The summed E-state index contributed by atoms with van der Waals surface area (Å²) in [6.45, 7) is 0. The van der Waals surface area contributed by atoms with E-state index >= 15 is 0 Å². The second-order valence-corrected chi connectivity index (χ2v) is 5.69. The van der Waals surface area contributed by atoms with E-state index in [0.29, 0.717) is 5.92 Å². The van der Waals surface area contributed by atoms with Crippen molar-refractivity contribution in [2.45, 2.75) is 28.8 Å². The molecule has 0 bridgehead atoms. The van der Waals surface area contributed by atoms with Crippen molar-refractivity contribution in [2.75, 3.05) is 0 Å². The van der Waals surface area contributed by atoms with Gasteiger partial charge in [0.05, 0.1) is 12.1 Å². The number of rotatable bonds is 1. The molecule has 3 nitrogen and oxygen atoms in total. The average molecular weight is 245 g/mol. The number of alkyl halides is 3. The van der Waals surface area contributed by atoms with Crippen LogP contribution in [0.1, 0.15) is 19.3 Å². The second-order valence-electron chi connectivity index (χ2n) is 3.41. The Bertz CT molecular complexity index is 259. The minimum Gasteiger partial charge on any atom is -0.355 e. The molecule has 1 aliphatic heterocycles. The molecule has 74 valence electrons. The molecular weight excluding hydrogens is 236 g/mol. The molecule has 0 amide bonds. The summed E-state index contributed by atoms with van der Waals surface area (Å²) in [5.41, 5.74) is 0.800. The summed E-state index contributed by atoms with van der Waals surface area (Å²) in [7, 11) is 0. The van der Waals surface area contributed by atoms with Crippen molar-refractivity contribution >= 4 is 40.5 Å². The van der Waals surface area contributed by atoms with E-state index in [0.717, 1.165) is 18.6 Å². The van der Waals surface area contributed by atoms with Gasteiger partial charge >= 0.3 is 0 Å². The van der Waals surface area contributed by atoms with Gasteiger partial charge in [0.2, 0.25) is 0 Å². The third-order valence-electron chi connectivity index (χ3n) is 2.23. The topological polar surface area (TPSA) is 41.8 Å². The predicted molar refractivity (Wildman–Crippen MR) is 51.1 cm³/mol. The van der Waals surface area contributed by atoms with E-state index in [1.54, 1.807) is 0 Å². The van der Waals surface area contributed by atoms with E-state index in [2.05, 4.69) is 5.16 Å². The Labute approximate surface area is 90.6 Å². The molecule has 0 aromatic rings. The molecule has 0 unspecified atom stereocenters. The van der Waals surface area contributed by atoms with Gasteiger partial charge in [-0.25, -0.2) is 0 Å². The molecule has 1 fully saturated rings. The van der Waals surface area contributed by atoms with E-state index < -0.39 is 9.58 Å². The van der Waals surface area contributed by atoms with Gasteiger partial charge in [-0.3, -0.25) is 0 Å². The molecule has 2 aliphatic rings. The molecule has 0 aromatic carbocycles. The van der Waals surface area contributed by atoms with E-state index in [1.165, 1.54) is 0 Å². The first-order valence-corrected chi connectivity index (χ1v) is 5.10. The van der Waals surface area contributed by atoms with Gasteiger partial charge in [-0.2, -0.15) is 0 Å². The van der Waals surface area contributed by atoms with Crippen LogP contribution < -0.4 is 0 Å². The van der Waals surface area contributed by atoms with Gasteiger partial charge in [0.1, 0.15) is 0 Å². The number of hydrogen-bond donors (Lipinski definition) is 1. The number of aliphatic hydroxyl groups is 1. The second kappa shape index (κ2) is 2.89. The van der Waals surface area contributed by atoms with Crippen LogP contribution in [0.3, 0.4) is 0 Å². The number of nitrogens with zero attached hydrogens (tertiary/aromatic N) is 1. The Balaban J connectivity index is 2.07. The van der Waals surface area contributed by atoms with E-state index in [1.807, 2.05) is 0 Å². The zero-order chi connectivity index (χ0) is 9.69. The predicted octanol–water partition coefficient (Wildman–Crippen LogP) is 2.23. The monoisotopic (exact) mass is 243 g/mol. The normalized spacial score (nSPS) is 34.3. The van der Waals surface area contributed by atoms with Gasteiger partial charge in [-0.05, 0) is 12.8 Å². The van der Waals surface area contributed by atoms with Crippen LogP contribution in [0.15, 0.2) is 5.16 Å². The Hall–Kier alpha value is 0.300. The molecule has 1 N–H and O–H groups in total. The van der Waals surface area contributed by atoms with E-state index in [-0.39, 0.29) is 6.42 Å². The van der Waals surface area contributed by atoms with Crippen molar-refractivity contribution in [3.05, 3.63) is 0 Å². The number of hydrogen-bond acceptors (Lipinski definition) is 3. The molecule has 2 rings (SSSR count). The lowest BCUT2D eigenvalue weighted by Crippen LogP contribution is -2.43. The van der Waals surface area contributed by atoms with Gasteiger partial charge < -0.3 is 9.94 Å². The molecular formula is C7H8Cl3NO2. The first kappa shape index (κ1) is 9.84. The lowest BCUT2D eigenvalue weighted by Gasteiger charge is -2.26. The fourth-order valence-electron chi connectivity index (χ4n) is 1.23. The van der Waals surface area contributed by atoms with Crippen molar-refractivity contribution in [1.82, 2.24) is 0 Å². The third-order valence-corrected chi connectivity index (χ3v) is 3.11. The highest BCUT2D eigenvalue weighted by Crippen LogP contribution is 2.47. The Kier molecular flexibility index (Phi) is 2.19. The highest BCUT2D eigenvalue weighted by atomic mass is 35.6. The minimum absolute atomic E-state index is 0.189. The number of oxime groups is 1. The molecule has 1 saturated carbocycles. The summed E-state index contributed by atoms with van der Waals surface area (Å²) in [4.78, 5) is 4.77. The van der Waals surface area contributed by atoms with Crippen molar-refractivity contribution < 1.29 is 9.94 Å². The summed E-state index contributed by atoms with van der Waals surface area (Å²) < 4.78 is -1.85. The van der Waals surface area contributed by atoms with Crippen LogP contribution in [0, 0.1) is 5.92 Å². The SMILES string of the molecule is O[C@@]1(C(Cl)(Cl)Cl)CC(C2CC2)=NO1. The maximum absolute atomic E-state index is 9.74. The van der Waals surface area contributed by atoms with E-state index in [9.17, 15) is 5.11 Å². The van der Waals surface area contributed by atoms with Gasteiger partial charge in [0.15, 0.2) is 0 Å². The van der Waals surface area contributed by atoms with Crippen LogP contribution in [0.5, 0.6) is 0 Å². The first-order valence-electron chi connectivity index (χ1n) is 3.96. The lowest BCUT2D eigenvalue weighted by atomic mass is 10.1. The fraction of sp³-hybridized carbons (Fsp3) is 0.857. The highest BCUT2D eigenvalue weighted by molar-refractivity contribution is 6.68. The fourth-order valence-corrected chi connectivity index (χ4v) is 1.54. The third kappa shape index (κ3) is 1.75. The van der Waals surface area contributed by atoms with E-state index in [4.69, 9.17) is 39.6 Å². The standard InChI is InChI=1S/C7H8Cl3NO2/c8-7(9,10)6(12)3-5(11-13-6)4-1-2-4/h4,12H,1-3H2/t6-/m0/s1. The van der Waals surface area contributed by atoms with Crippen LogP contribution in [0.25, 0.3) is 0 Å². The summed E-state index contributed by atoms with van der Waals surface area (Å²) in [6.07, 6.45) is 2.35. The summed E-state index contributed by atoms with van der Waals surface area (Å²) >= 11 is 16.7. The quantitative estimate of drug-likeness (QED) is 0.719. The summed E-state index contributed by atoms with van der Waals surface area (Å²) in [5, 5.41) is 13.5. The molecule has 0 aromatic heterocycles. The van der Waals surface area contributed by atoms with Crippen LogP contribution >= 0.6 is 34.8 Å².